The molecule has 1 aliphatic rings. The number of benzene rings is 1. The van der Waals surface area contributed by atoms with E-state index in [1.165, 1.54) is 28.6 Å². The summed E-state index contributed by atoms with van der Waals surface area (Å²) >= 11 is 1.63. The number of methoxy groups -OCH3 is 1. The molecule has 2 heterocycles. The number of rotatable bonds is 6. The van der Waals surface area contributed by atoms with E-state index in [4.69, 9.17) is 4.74 Å². The van der Waals surface area contributed by atoms with Gasteiger partial charge in [0.25, 0.3) is 5.56 Å². The average Bonchev–Trinajstić information content (AvgIpc) is 2.96. The molecule has 0 aliphatic heterocycles. The number of fused-ring (bicyclic) bond motifs is 3. The second-order valence-corrected chi connectivity index (χ2v) is 9.57. The third-order valence-electron chi connectivity index (χ3n) is 5.96. The summed E-state index contributed by atoms with van der Waals surface area (Å²) < 4.78 is 6.67. The van der Waals surface area contributed by atoms with Crippen LogP contribution in [0.3, 0.4) is 0 Å². The Hall–Kier alpha value is -2.67. The van der Waals surface area contributed by atoms with Crippen molar-refractivity contribution in [3.63, 3.8) is 0 Å². The highest BCUT2D eigenvalue weighted by Gasteiger charge is 2.22. The van der Waals surface area contributed by atoms with E-state index in [2.05, 4.69) is 24.1 Å². The molecule has 0 spiro atoms. The van der Waals surface area contributed by atoms with Crippen molar-refractivity contribution < 1.29 is 9.53 Å². The van der Waals surface area contributed by atoms with Gasteiger partial charge in [-0.25, -0.2) is 4.98 Å². The van der Waals surface area contributed by atoms with Gasteiger partial charge in [0, 0.05) is 4.88 Å². The second kappa shape index (κ2) is 9.22. The molecule has 31 heavy (non-hydrogen) atoms. The maximum Gasteiger partial charge on any atom is 0.262 e. The second-order valence-electron chi connectivity index (χ2n) is 8.48. The van der Waals surface area contributed by atoms with Crippen LogP contribution in [0, 0.1) is 5.92 Å². The fourth-order valence-electron chi connectivity index (χ4n) is 4.29. The minimum absolute atomic E-state index is 0.0359. The zero-order valence-electron chi connectivity index (χ0n) is 18.3. The van der Waals surface area contributed by atoms with Crippen LogP contribution in [0.1, 0.15) is 55.2 Å². The van der Waals surface area contributed by atoms with E-state index in [0.717, 1.165) is 41.0 Å². The monoisotopic (exact) mass is 439 g/mol. The van der Waals surface area contributed by atoms with E-state index < -0.39 is 0 Å². The Bertz CT molecular complexity index is 1130. The average molecular weight is 440 g/mol. The number of nitrogens with one attached hydrogen (secondary N) is 1. The van der Waals surface area contributed by atoms with Gasteiger partial charge in [-0.3, -0.25) is 14.2 Å². The van der Waals surface area contributed by atoms with Gasteiger partial charge in [-0.15, -0.1) is 11.3 Å². The summed E-state index contributed by atoms with van der Waals surface area (Å²) in [5, 5.41) is 3.81. The number of carbonyl (C=O) groups excluding carboxylic acids is 1. The SMILES string of the molecule is COc1ccc(C(NC(=O)Cn2cnc3sc4c(c3c2=O)CCCCC4)C(C)C)cc1. The molecule has 0 bridgehead atoms. The highest BCUT2D eigenvalue weighted by Crippen LogP contribution is 2.32. The van der Waals surface area contributed by atoms with E-state index in [9.17, 15) is 9.59 Å². The van der Waals surface area contributed by atoms with Crippen molar-refractivity contribution in [3.05, 3.63) is 57.0 Å². The molecule has 0 fully saturated rings. The van der Waals surface area contributed by atoms with Crippen molar-refractivity contribution >= 4 is 27.5 Å². The molecule has 4 rings (SSSR count). The molecule has 3 aromatic rings. The van der Waals surface area contributed by atoms with Gasteiger partial charge in [0.2, 0.25) is 5.91 Å². The fraction of sp³-hybridized carbons (Fsp3) is 0.458. The van der Waals surface area contributed by atoms with Gasteiger partial charge in [0.05, 0.1) is 24.9 Å². The lowest BCUT2D eigenvalue weighted by Crippen LogP contribution is -2.36. The molecule has 1 aliphatic carbocycles. The van der Waals surface area contributed by atoms with E-state index >= 15 is 0 Å². The molecule has 1 aromatic carbocycles. The number of thiophene rings is 1. The molecule has 164 valence electrons. The number of hydrogen-bond acceptors (Lipinski definition) is 5. The van der Waals surface area contributed by atoms with E-state index in [1.807, 2.05) is 24.3 Å². The standard InChI is InChI=1S/C24H29N3O3S/c1-15(2)22(16-9-11-17(30-3)12-10-16)26-20(28)13-27-14-25-23-21(24(27)29)18-7-5-4-6-8-19(18)31-23/h9-12,14-15,22H,4-8,13H2,1-3H3,(H,26,28). The Morgan fingerprint density at radius 3 is 2.65 bits per heavy atom. The number of nitrogens with zero attached hydrogens (tertiary/aromatic N) is 2. The topological polar surface area (TPSA) is 73.2 Å². The van der Waals surface area contributed by atoms with Gasteiger partial charge in [-0.2, -0.15) is 0 Å². The first-order valence-corrected chi connectivity index (χ1v) is 11.7. The molecule has 6 nitrogen and oxygen atoms in total. The van der Waals surface area contributed by atoms with Crippen LogP contribution in [-0.2, 0) is 24.2 Å². The summed E-state index contributed by atoms with van der Waals surface area (Å²) in [7, 11) is 1.63. The number of carbonyl (C=O) groups is 1. The van der Waals surface area contributed by atoms with E-state index in [-0.39, 0.29) is 30.0 Å². The highest BCUT2D eigenvalue weighted by atomic mass is 32.1. The van der Waals surface area contributed by atoms with Crippen molar-refractivity contribution in [2.45, 2.75) is 58.5 Å². The normalized spacial score (nSPS) is 14.8. The first kappa shape index (κ1) is 21.6. The molecule has 2 aromatic heterocycles. The third-order valence-corrected chi connectivity index (χ3v) is 7.16. The molecular formula is C24H29N3O3S. The quantitative estimate of drug-likeness (QED) is 0.583. The summed E-state index contributed by atoms with van der Waals surface area (Å²) in [6.07, 6.45) is 6.92. The number of aryl methyl sites for hydroxylation is 2. The Labute approximate surface area is 186 Å². The minimum atomic E-state index is -0.195. The zero-order valence-corrected chi connectivity index (χ0v) is 19.1. The molecule has 1 amide bonds. The smallest absolute Gasteiger partial charge is 0.262 e. The zero-order chi connectivity index (χ0) is 22.0. The molecule has 0 saturated carbocycles. The first-order chi connectivity index (χ1) is 15.0. The number of amides is 1. The lowest BCUT2D eigenvalue weighted by atomic mass is 9.96. The molecule has 1 atom stereocenters. The van der Waals surface area contributed by atoms with Crippen LogP contribution in [0.5, 0.6) is 5.75 Å². The van der Waals surface area contributed by atoms with Gasteiger partial charge in [0.1, 0.15) is 17.1 Å². The Balaban J connectivity index is 1.56. The molecule has 1 unspecified atom stereocenters. The van der Waals surface area contributed by atoms with Gasteiger partial charge in [0.15, 0.2) is 0 Å². The molecule has 0 saturated heterocycles. The van der Waals surface area contributed by atoms with Gasteiger partial charge in [-0.05, 0) is 54.9 Å². The van der Waals surface area contributed by atoms with Crippen molar-refractivity contribution in [2.75, 3.05) is 7.11 Å². The Morgan fingerprint density at radius 1 is 1.19 bits per heavy atom. The van der Waals surface area contributed by atoms with Crippen LogP contribution < -0.4 is 15.6 Å². The van der Waals surface area contributed by atoms with Crippen LogP contribution >= 0.6 is 11.3 Å². The summed E-state index contributed by atoms with van der Waals surface area (Å²) in [5.41, 5.74) is 2.06. The number of aromatic nitrogens is 2. The maximum absolute atomic E-state index is 13.2. The van der Waals surface area contributed by atoms with E-state index in [0.29, 0.717) is 5.39 Å². The summed E-state index contributed by atoms with van der Waals surface area (Å²) in [4.78, 5) is 32.7. The van der Waals surface area contributed by atoms with Gasteiger partial charge < -0.3 is 10.1 Å². The summed E-state index contributed by atoms with van der Waals surface area (Å²) in [6, 6.07) is 7.56. The van der Waals surface area contributed by atoms with Gasteiger partial charge >= 0.3 is 0 Å². The Morgan fingerprint density at radius 2 is 1.94 bits per heavy atom. The van der Waals surface area contributed by atoms with E-state index in [1.54, 1.807) is 18.4 Å². The largest absolute Gasteiger partial charge is 0.497 e. The van der Waals surface area contributed by atoms with Crippen molar-refractivity contribution in [1.82, 2.24) is 14.9 Å². The van der Waals surface area contributed by atoms with Crippen LogP contribution in [0.4, 0.5) is 0 Å². The summed E-state index contributed by atoms with van der Waals surface area (Å²) in [6.45, 7) is 4.09. The molecular weight excluding hydrogens is 410 g/mol. The van der Waals surface area contributed by atoms with Crippen molar-refractivity contribution in [2.24, 2.45) is 5.92 Å². The lowest BCUT2D eigenvalue weighted by Gasteiger charge is -2.23. The van der Waals surface area contributed by atoms with Crippen LogP contribution in [0.15, 0.2) is 35.4 Å². The van der Waals surface area contributed by atoms with Crippen LogP contribution in [-0.4, -0.2) is 22.6 Å². The highest BCUT2D eigenvalue weighted by molar-refractivity contribution is 7.18. The predicted molar refractivity (Wildman–Crippen MR) is 124 cm³/mol. The van der Waals surface area contributed by atoms with Crippen molar-refractivity contribution in [3.8, 4) is 5.75 Å². The first-order valence-electron chi connectivity index (χ1n) is 10.9. The maximum atomic E-state index is 13.2. The van der Waals surface area contributed by atoms with Crippen LogP contribution in [0.2, 0.25) is 0 Å². The van der Waals surface area contributed by atoms with Crippen LogP contribution in [0.25, 0.3) is 10.2 Å². The lowest BCUT2D eigenvalue weighted by molar-refractivity contribution is -0.122. The van der Waals surface area contributed by atoms with Gasteiger partial charge in [-0.1, -0.05) is 32.4 Å². The number of hydrogen-bond donors (Lipinski definition) is 1. The fourth-order valence-corrected chi connectivity index (χ4v) is 5.51. The number of ether oxygens (including phenoxy) is 1. The predicted octanol–water partition coefficient (Wildman–Crippen LogP) is 4.25. The molecule has 0 radical (unpaired) electrons. The Kier molecular flexibility index (Phi) is 6.41. The molecule has 1 N–H and O–H groups in total. The minimum Gasteiger partial charge on any atom is -0.497 e. The third kappa shape index (κ3) is 4.51. The van der Waals surface area contributed by atoms with Crippen molar-refractivity contribution in [1.29, 1.82) is 0 Å². The molecule has 7 heteroatoms. The summed E-state index contributed by atoms with van der Waals surface area (Å²) in [5.74, 6) is 0.778.